The predicted octanol–water partition coefficient (Wildman–Crippen LogP) is 3.11. The number of sulfonamides is 1. The molecule has 0 amide bonds. The standard InChI is InChI=1S/C14H19BrN2O3S/c1-10-7-11(15)8-12(21(17,18)19)13(10)20-6-4-5-14(2,3)9-16/h7-8H,4-6H2,1-3H3,(H2,17,18,19). The lowest BCUT2D eigenvalue weighted by atomic mass is 9.90. The van der Waals surface area contributed by atoms with E-state index in [4.69, 9.17) is 15.1 Å². The zero-order valence-corrected chi connectivity index (χ0v) is 14.7. The molecule has 0 saturated heterocycles. The van der Waals surface area contributed by atoms with Crippen molar-refractivity contribution >= 4 is 26.0 Å². The van der Waals surface area contributed by atoms with Crippen molar-refractivity contribution in [3.05, 3.63) is 22.2 Å². The Morgan fingerprint density at radius 1 is 1.43 bits per heavy atom. The molecule has 7 heteroatoms. The zero-order valence-electron chi connectivity index (χ0n) is 12.3. The molecule has 1 aromatic rings. The second-order valence-electron chi connectivity index (χ2n) is 5.54. The van der Waals surface area contributed by atoms with E-state index in [-0.39, 0.29) is 10.6 Å². The topological polar surface area (TPSA) is 93.2 Å². The number of hydrogen-bond donors (Lipinski definition) is 1. The fraction of sp³-hybridized carbons (Fsp3) is 0.500. The van der Waals surface area contributed by atoms with Gasteiger partial charge in [0.2, 0.25) is 10.0 Å². The van der Waals surface area contributed by atoms with Crippen LogP contribution in [0.1, 0.15) is 32.3 Å². The van der Waals surface area contributed by atoms with E-state index in [1.807, 2.05) is 13.8 Å². The van der Waals surface area contributed by atoms with Crippen LogP contribution in [-0.2, 0) is 10.0 Å². The van der Waals surface area contributed by atoms with Gasteiger partial charge in [-0.2, -0.15) is 5.26 Å². The van der Waals surface area contributed by atoms with Crippen molar-refractivity contribution in [2.75, 3.05) is 6.61 Å². The molecule has 0 unspecified atom stereocenters. The van der Waals surface area contributed by atoms with E-state index < -0.39 is 15.4 Å². The van der Waals surface area contributed by atoms with Crippen molar-refractivity contribution in [1.82, 2.24) is 0 Å². The molecule has 0 aromatic heterocycles. The minimum atomic E-state index is -3.86. The van der Waals surface area contributed by atoms with Gasteiger partial charge < -0.3 is 4.74 Å². The summed E-state index contributed by atoms with van der Waals surface area (Å²) in [5.74, 6) is 0.274. The SMILES string of the molecule is Cc1cc(Br)cc(S(N)(=O)=O)c1OCCCC(C)(C)C#N. The minimum absolute atomic E-state index is 0.0334. The number of rotatable bonds is 6. The van der Waals surface area contributed by atoms with E-state index in [1.54, 1.807) is 13.0 Å². The fourth-order valence-corrected chi connectivity index (χ4v) is 3.33. The van der Waals surface area contributed by atoms with Crippen molar-refractivity contribution in [3.63, 3.8) is 0 Å². The molecule has 0 bridgehead atoms. The van der Waals surface area contributed by atoms with Gasteiger partial charge in [0, 0.05) is 4.47 Å². The molecule has 2 N–H and O–H groups in total. The van der Waals surface area contributed by atoms with E-state index in [1.165, 1.54) is 6.07 Å². The van der Waals surface area contributed by atoms with Gasteiger partial charge in [-0.3, -0.25) is 0 Å². The van der Waals surface area contributed by atoms with Gasteiger partial charge in [-0.25, -0.2) is 13.6 Å². The summed E-state index contributed by atoms with van der Waals surface area (Å²) in [7, 11) is -3.86. The highest BCUT2D eigenvalue weighted by atomic mass is 79.9. The zero-order chi connectivity index (χ0) is 16.3. The van der Waals surface area contributed by atoms with Crippen LogP contribution in [0.15, 0.2) is 21.5 Å². The Morgan fingerprint density at radius 2 is 2.05 bits per heavy atom. The number of ether oxygens (including phenoxy) is 1. The van der Waals surface area contributed by atoms with Crippen LogP contribution in [0.2, 0.25) is 0 Å². The number of nitrogens with zero attached hydrogens (tertiary/aromatic N) is 1. The molecule has 1 aromatic carbocycles. The maximum Gasteiger partial charge on any atom is 0.241 e. The third-order valence-corrected chi connectivity index (χ3v) is 4.38. The first kappa shape index (κ1) is 18.0. The highest BCUT2D eigenvalue weighted by Crippen LogP contribution is 2.31. The lowest BCUT2D eigenvalue weighted by Gasteiger charge is -2.17. The van der Waals surface area contributed by atoms with Gasteiger partial charge in [-0.05, 0) is 51.3 Å². The summed E-state index contributed by atoms with van der Waals surface area (Å²) < 4.78 is 29.5. The van der Waals surface area contributed by atoms with Crippen molar-refractivity contribution in [1.29, 1.82) is 5.26 Å². The van der Waals surface area contributed by atoms with Gasteiger partial charge in [0.05, 0.1) is 18.1 Å². The van der Waals surface area contributed by atoms with Crippen molar-refractivity contribution in [2.45, 2.75) is 38.5 Å². The van der Waals surface area contributed by atoms with E-state index in [2.05, 4.69) is 22.0 Å². The summed E-state index contributed by atoms with van der Waals surface area (Å²) in [5, 5.41) is 14.2. The monoisotopic (exact) mass is 374 g/mol. The number of hydrogen-bond acceptors (Lipinski definition) is 4. The first-order valence-corrected chi connectivity index (χ1v) is 8.78. The highest BCUT2D eigenvalue weighted by Gasteiger charge is 2.20. The number of nitriles is 1. The third-order valence-electron chi connectivity index (χ3n) is 3.01. The van der Waals surface area contributed by atoms with Crippen LogP contribution >= 0.6 is 15.9 Å². The van der Waals surface area contributed by atoms with E-state index in [9.17, 15) is 8.42 Å². The molecular formula is C14H19BrN2O3S. The van der Waals surface area contributed by atoms with Crippen LogP contribution in [-0.4, -0.2) is 15.0 Å². The molecular weight excluding hydrogens is 356 g/mol. The molecule has 0 heterocycles. The number of benzene rings is 1. The summed E-state index contributed by atoms with van der Waals surface area (Å²) in [6, 6.07) is 5.41. The normalized spacial score (nSPS) is 12.0. The number of halogens is 1. The van der Waals surface area contributed by atoms with E-state index in [0.717, 1.165) is 0 Å². The van der Waals surface area contributed by atoms with Crippen LogP contribution in [0.5, 0.6) is 5.75 Å². The summed E-state index contributed by atoms with van der Waals surface area (Å²) in [6.07, 6.45) is 1.32. The number of primary sulfonamides is 1. The smallest absolute Gasteiger partial charge is 0.241 e. The van der Waals surface area contributed by atoms with Crippen molar-refractivity contribution in [3.8, 4) is 11.8 Å². The summed E-state index contributed by atoms with van der Waals surface area (Å²) in [4.78, 5) is -0.0334. The molecule has 0 aliphatic rings. The second-order valence-corrected chi connectivity index (χ2v) is 7.99. The Bertz CT molecular complexity index is 664. The minimum Gasteiger partial charge on any atom is -0.492 e. The van der Waals surface area contributed by atoms with Crippen LogP contribution < -0.4 is 9.88 Å². The average molecular weight is 375 g/mol. The molecule has 0 spiro atoms. The lowest BCUT2D eigenvalue weighted by Crippen LogP contribution is -2.16. The maximum absolute atomic E-state index is 11.6. The summed E-state index contributed by atoms with van der Waals surface area (Å²) in [6.45, 7) is 5.80. The fourth-order valence-electron chi connectivity index (χ4n) is 1.84. The van der Waals surface area contributed by atoms with Crippen LogP contribution in [0.3, 0.4) is 0 Å². The summed E-state index contributed by atoms with van der Waals surface area (Å²) in [5.41, 5.74) is 0.272. The maximum atomic E-state index is 11.6. The Hall–Kier alpha value is -1.10. The van der Waals surface area contributed by atoms with Crippen LogP contribution in [0.25, 0.3) is 0 Å². The first-order chi connectivity index (χ1) is 9.57. The quantitative estimate of drug-likeness (QED) is 0.773. The Morgan fingerprint density at radius 3 is 2.57 bits per heavy atom. The Kier molecular flexibility index (Phi) is 5.79. The average Bonchev–Trinajstić information content (AvgIpc) is 2.34. The summed E-state index contributed by atoms with van der Waals surface area (Å²) >= 11 is 3.25. The molecule has 0 fully saturated rings. The second kappa shape index (κ2) is 6.77. The molecule has 0 saturated carbocycles. The van der Waals surface area contributed by atoms with Crippen molar-refractivity contribution in [2.24, 2.45) is 10.6 Å². The lowest BCUT2D eigenvalue weighted by molar-refractivity contribution is 0.276. The number of nitrogens with two attached hydrogens (primary N) is 1. The highest BCUT2D eigenvalue weighted by molar-refractivity contribution is 9.10. The molecule has 21 heavy (non-hydrogen) atoms. The molecule has 5 nitrogen and oxygen atoms in total. The molecule has 116 valence electrons. The molecule has 0 aliphatic carbocycles. The van der Waals surface area contributed by atoms with Crippen molar-refractivity contribution < 1.29 is 13.2 Å². The molecule has 0 aliphatic heterocycles. The number of aryl methyl sites for hydroxylation is 1. The van der Waals surface area contributed by atoms with Gasteiger partial charge in [-0.1, -0.05) is 15.9 Å². The van der Waals surface area contributed by atoms with Crippen LogP contribution in [0.4, 0.5) is 0 Å². The predicted molar refractivity (Wildman–Crippen MR) is 84.4 cm³/mol. The van der Waals surface area contributed by atoms with E-state index >= 15 is 0 Å². The van der Waals surface area contributed by atoms with Gasteiger partial charge in [0.15, 0.2) is 0 Å². The largest absolute Gasteiger partial charge is 0.492 e. The Labute approximate surface area is 134 Å². The molecule has 0 atom stereocenters. The van der Waals surface area contributed by atoms with Gasteiger partial charge >= 0.3 is 0 Å². The third kappa shape index (κ3) is 5.30. The van der Waals surface area contributed by atoms with Gasteiger partial charge in [0.1, 0.15) is 10.6 Å². The first-order valence-electron chi connectivity index (χ1n) is 6.44. The van der Waals surface area contributed by atoms with Gasteiger partial charge in [0.25, 0.3) is 0 Å². The van der Waals surface area contributed by atoms with E-state index in [0.29, 0.717) is 29.5 Å². The van der Waals surface area contributed by atoms with Gasteiger partial charge in [-0.15, -0.1) is 0 Å². The molecule has 1 rings (SSSR count). The van der Waals surface area contributed by atoms with Crippen LogP contribution in [0, 0.1) is 23.7 Å². The molecule has 0 radical (unpaired) electrons. The Balaban J connectivity index is 2.88.